The molecule has 0 amide bonds. The van der Waals surface area contributed by atoms with Crippen LogP contribution in [0.4, 0.5) is 5.69 Å². The molecule has 7 nitrogen and oxygen atoms in total. The molecule has 0 saturated heterocycles. The van der Waals surface area contributed by atoms with Crippen LogP contribution >= 0.6 is 0 Å². The summed E-state index contributed by atoms with van der Waals surface area (Å²) >= 11 is 0. The molecular formula is C28H21NO6S. The van der Waals surface area contributed by atoms with Crippen LogP contribution in [0.5, 0.6) is 0 Å². The fourth-order valence-corrected chi connectivity index (χ4v) is 6.49. The van der Waals surface area contributed by atoms with Gasteiger partial charge in [0.05, 0.1) is 16.0 Å². The number of carbonyl (C=O) groups is 3. The van der Waals surface area contributed by atoms with E-state index >= 15 is 0 Å². The minimum Gasteiger partial charge on any atom is -0.460 e. The number of fused-ring (bicyclic) bond motifs is 5. The molecule has 0 fully saturated rings. The molecule has 0 bridgehead atoms. The van der Waals surface area contributed by atoms with Gasteiger partial charge in [0.1, 0.15) is 11.3 Å². The summed E-state index contributed by atoms with van der Waals surface area (Å²) in [6.07, 6.45) is 0.982. The van der Waals surface area contributed by atoms with Gasteiger partial charge in [-0.15, -0.1) is 0 Å². The number of hydrogen-bond acceptors (Lipinski definition) is 6. The Balaban J connectivity index is 1.42. The van der Waals surface area contributed by atoms with Gasteiger partial charge >= 0.3 is 0 Å². The van der Waals surface area contributed by atoms with Crippen molar-refractivity contribution in [2.24, 2.45) is 5.41 Å². The van der Waals surface area contributed by atoms with E-state index in [4.69, 9.17) is 4.42 Å². The number of Topliss-reactive ketones (excluding diaryl/α,β-unsaturated/α-hetero) is 1. The zero-order valence-corrected chi connectivity index (χ0v) is 20.4. The van der Waals surface area contributed by atoms with Crippen molar-refractivity contribution >= 4 is 44.0 Å². The third kappa shape index (κ3) is 3.32. The first-order valence-corrected chi connectivity index (χ1v) is 13.0. The number of anilines is 1. The Morgan fingerprint density at radius 3 is 2.25 bits per heavy atom. The second-order valence-corrected chi connectivity index (χ2v) is 11.7. The van der Waals surface area contributed by atoms with Crippen LogP contribution in [0.2, 0.25) is 0 Å². The molecule has 1 heterocycles. The molecule has 8 heteroatoms. The number of nitrogens with one attached hydrogen (secondary N) is 1. The zero-order chi connectivity index (χ0) is 25.4. The molecule has 0 aliphatic heterocycles. The lowest BCUT2D eigenvalue weighted by Crippen LogP contribution is -2.26. The van der Waals surface area contributed by atoms with E-state index in [2.05, 4.69) is 4.72 Å². The van der Waals surface area contributed by atoms with Crippen LogP contribution < -0.4 is 4.72 Å². The van der Waals surface area contributed by atoms with E-state index in [0.717, 1.165) is 0 Å². The van der Waals surface area contributed by atoms with Crippen molar-refractivity contribution in [2.75, 3.05) is 4.72 Å². The lowest BCUT2D eigenvalue weighted by atomic mass is 9.76. The summed E-state index contributed by atoms with van der Waals surface area (Å²) in [6, 6.07) is 15.3. The molecule has 0 atom stereocenters. The monoisotopic (exact) mass is 499 g/mol. The summed E-state index contributed by atoms with van der Waals surface area (Å²) in [5.41, 5.74) is 1.32. The number of benzene rings is 3. The Morgan fingerprint density at radius 2 is 1.50 bits per heavy atom. The molecule has 4 aromatic rings. The molecular weight excluding hydrogens is 478 g/mol. The fourth-order valence-electron chi connectivity index (χ4n) is 5.21. The molecule has 0 unspecified atom stereocenters. The first kappa shape index (κ1) is 22.4. The summed E-state index contributed by atoms with van der Waals surface area (Å²) in [5, 5.41) is 0.543. The van der Waals surface area contributed by atoms with Gasteiger partial charge < -0.3 is 4.42 Å². The molecule has 0 spiro atoms. The third-order valence-corrected chi connectivity index (χ3v) is 8.20. The van der Waals surface area contributed by atoms with Crippen molar-refractivity contribution in [1.29, 1.82) is 0 Å². The number of sulfonamides is 1. The standard InChI is InChI=1S/C28H21NO6S/c1-28(2)13-20(30)24-19-12-15(10-11-21(19)35-22(24)14-28)29-36(33,34)23-9-5-8-18-25(23)27(32)17-7-4-3-6-16(17)26(18)31/h3-12,29H,13-14H2,1-2H3. The van der Waals surface area contributed by atoms with Gasteiger partial charge in [-0.05, 0) is 29.7 Å². The van der Waals surface area contributed by atoms with Crippen molar-refractivity contribution in [2.45, 2.75) is 31.6 Å². The molecule has 0 saturated carbocycles. The van der Waals surface area contributed by atoms with Crippen LogP contribution in [-0.2, 0) is 16.4 Å². The smallest absolute Gasteiger partial charge is 0.262 e. The van der Waals surface area contributed by atoms with E-state index in [0.29, 0.717) is 35.1 Å². The number of carbonyl (C=O) groups excluding carboxylic acids is 3. The van der Waals surface area contributed by atoms with Gasteiger partial charge in [0, 0.05) is 40.6 Å². The Bertz CT molecular complexity index is 1760. The highest BCUT2D eigenvalue weighted by Gasteiger charge is 2.36. The van der Waals surface area contributed by atoms with Crippen LogP contribution in [0, 0.1) is 5.41 Å². The average molecular weight is 500 g/mol. The quantitative estimate of drug-likeness (QED) is 0.367. The summed E-state index contributed by atoms with van der Waals surface area (Å²) in [7, 11) is -4.26. The highest BCUT2D eigenvalue weighted by Crippen LogP contribution is 2.40. The minimum atomic E-state index is -4.26. The Kier molecular flexibility index (Phi) is 4.66. The number of rotatable bonds is 3. The predicted molar refractivity (Wildman–Crippen MR) is 133 cm³/mol. The van der Waals surface area contributed by atoms with E-state index in [1.54, 1.807) is 36.4 Å². The number of hydrogen-bond donors (Lipinski definition) is 1. The summed E-state index contributed by atoms with van der Waals surface area (Å²) in [5.74, 6) is -0.357. The van der Waals surface area contributed by atoms with E-state index in [1.807, 2.05) is 13.8 Å². The maximum atomic E-state index is 13.5. The zero-order valence-electron chi connectivity index (χ0n) is 19.5. The second kappa shape index (κ2) is 7.48. The normalized spacial score (nSPS) is 16.4. The Morgan fingerprint density at radius 1 is 0.806 bits per heavy atom. The third-order valence-electron chi connectivity index (χ3n) is 6.77. The van der Waals surface area contributed by atoms with Crippen LogP contribution in [0.3, 0.4) is 0 Å². The molecule has 1 N–H and O–H groups in total. The second-order valence-electron chi connectivity index (χ2n) is 10.0. The molecule has 0 radical (unpaired) electrons. The lowest BCUT2D eigenvalue weighted by molar-refractivity contribution is 0.0905. The highest BCUT2D eigenvalue weighted by atomic mass is 32.2. The molecule has 1 aromatic heterocycles. The Labute approximate surface area is 207 Å². The summed E-state index contributed by atoms with van der Waals surface area (Å²) in [6.45, 7) is 4.01. The molecule has 2 aliphatic carbocycles. The van der Waals surface area contributed by atoms with Gasteiger partial charge in [0.2, 0.25) is 0 Å². The SMILES string of the molecule is CC1(C)CC(=O)c2c(oc3ccc(NS(=O)(=O)c4cccc5c4C(=O)c4ccccc4C5=O)cc23)C1. The fraction of sp³-hybridized carbons (Fsp3) is 0.179. The van der Waals surface area contributed by atoms with E-state index in [9.17, 15) is 22.8 Å². The number of ketones is 3. The largest absolute Gasteiger partial charge is 0.460 e. The van der Waals surface area contributed by atoms with Gasteiger partial charge in [0.25, 0.3) is 10.0 Å². The minimum absolute atomic E-state index is 0.0417. The first-order valence-electron chi connectivity index (χ1n) is 11.5. The van der Waals surface area contributed by atoms with Crippen molar-refractivity contribution < 1.29 is 27.2 Å². The van der Waals surface area contributed by atoms with Crippen LogP contribution in [0.25, 0.3) is 11.0 Å². The van der Waals surface area contributed by atoms with E-state index in [-0.39, 0.29) is 44.0 Å². The maximum Gasteiger partial charge on any atom is 0.262 e. The Hall–Kier alpha value is -4.04. The summed E-state index contributed by atoms with van der Waals surface area (Å²) in [4.78, 5) is 38.9. The topological polar surface area (TPSA) is 111 Å². The molecule has 3 aromatic carbocycles. The van der Waals surface area contributed by atoms with Crippen molar-refractivity contribution in [3.8, 4) is 0 Å². The lowest BCUT2D eigenvalue weighted by Gasteiger charge is -2.27. The van der Waals surface area contributed by atoms with Crippen molar-refractivity contribution in [3.05, 3.63) is 94.2 Å². The maximum absolute atomic E-state index is 13.5. The van der Waals surface area contributed by atoms with Crippen LogP contribution in [0.15, 0.2) is 70.0 Å². The van der Waals surface area contributed by atoms with Crippen molar-refractivity contribution in [1.82, 2.24) is 0 Å². The number of furan rings is 1. The molecule has 6 rings (SSSR count). The summed E-state index contributed by atoms with van der Waals surface area (Å²) < 4.78 is 35.4. The average Bonchev–Trinajstić information content (AvgIpc) is 3.18. The van der Waals surface area contributed by atoms with Gasteiger partial charge in [0.15, 0.2) is 17.3 Å². The molecule has 2 aliphatic rings. The van der Waals surface area contributed by atoms with E-state index < -0.39 is 21.6 Å². The highest BCUT2D eigenvalue weighted by molar-refractivity contribution is 7.92. The van der Waals surface area contributed by atoms with Gasteiger partial charge in [-0.2, -0.15) is 0 Å². The van der Waals surface area contributed by atoms with Gasteiger partial charge in [-0.1, -0.05) is 50.2 Å². The van der Waals surface area contributed by atoms with E-state index in [1.165, 1.54) is 24.3 Å². The van der Waals surface area contributed by atoms with Crippen LogP contribution in [0.1, 0.15) is 68.2 Å². The predicted octanol–water partition coefficient (Wildman–Crippen LogP) is 5.16. The molecule has 180 valence electrons. The van der Waals surface area contributed by atoms with Crippen LogP contribution in [-0.4, -0.2) is 25.8 Å². The van der Waals surface area contributed by atoms with Crippen molar-refractivity contribution in [3.63, 3.8) is 0 Å². The molecule has 36 heavy (non-hydrogen) atoms. The first-order chi connectivity index (χ1) is 17.1. The van der Waals surface area contributed by atoms with Gasteiger partial charge in [-0.25, -0.2) is 8.42 Å². The van der Waals surface area contributed by atoms with Gasteiger partial charge in [-0.3, -0.25) is 19.1 Å².